The Hall–Kier alpha value is -3.24. The molecular formula is C22H20N2O2. The quantitative estimate of drug-likeness (QED) is 0.532. The number of rotatable bonds is 6. The maximum Gasteiger partial charge on any atom is 0.281 e. The molecule has 0 aliphatic rings. The minimum atomic E-state index is -1.81. The number of carbonyl (C=O) groups excluding carboxylic acids is 1. The van der Waals surface area contributed by atoms with Gasteiger partial charge in [-0.3, -0.25) is 4.79 Å². The summed E-state index contributed by atoms with van der Waals surface area (Å²) in [5.41, 5.74) is 2.72. The summed E-state index contributed by atoms with van der Waals surface area (Å²) in [5, 5.41) is 15.3. The Morgan fingerprint density at radius 3 is 1.81 bits per heavy atom. The zero-order chi connectivity index (χ0) is 18.2. The molecule has 130 valence electrons. The molecule has 0 bridgehead atoms. The number of nitrogens with zero attached hydrogens (tertiary/aromatic N) is 1. The van der Waals surface area contributed by atoms with Crippen LogP contribution in [0, 0.1) is 0 Å². The molecular weight excluding hydrogens is 324 g/mol. The van der Waals surface area contributed by atoms with E-state index in [1.54, 1.807) is 54.7 Å². The van der Waals surface area contributed by atoms with Crippen LogP contribution in [0.3, 0.4) is 0 Å². The first-order chi connectivity index (χ1) is 12.7. The zero-order valence-electron chi connectivity index (χ0n) is 14.2. The molecule has 2 N–H and O–H groups in total. The van der Waals surface area contributed by atoms with Crippen LogP contribution in [-0.4, -0.2) is 17.2 Å². The van der Waals surface area contributed by atoms with Gasteiger partial charge in [0, 0.05) is 12.6 Å². The van der Waals surface area contributed by atoms with Crippen molar-refractivity contribution in [2.75, 3.05) is 0 Å². The first kappa shape index (κ1) is 17.6. The Morgan fingerprint density at radius 1 is 0.846 bits per heavy atom. The summed E-state index contributed by atoms with van der Waals surface area (Å²) in [5.74, 6) is -0.598. The SMILES string of the molecule is O=C(N/N=C/Cc1ccccc1)C(O)(c1ccccc1)c1ccccc1. The second-order valence-electron chi connectivity index (χ2n) is 5.88. The van der Waals surface area contributed by atoms with E-state index in [4.69, 9.17) is 0 Å². The van der Waals surface area contributed by atoms with Gasteiger partial charge in [0.25, 0.3) is 5.91 Å². The lowest BCUT2D eigenvalue weighted by atomic mass is 9.85. The monoisotopic (exact) mass is 344 g/mol. The topological polar surface area (TPSA) is 61.7 Å². The van der Waals surface area contributed by atoms with Crippen LogP contribution in [-0.2, 0) is 16.8 Å². The third-order valence-electron chi connectivity index (χ3n) is 4.14. The maximum absolute atomic E-state index is 12.8. The second kappa shape index (κ2) is 8.23. The highest BCUT2D eigenvalue weighted by atomic mass is 16.3. The molecule has 0 aliphatic heterocycles. The molecule has 0 saturated heterocycles. The lowest BCUT2D eigenvalue weighted by molar-refractivity contribution is -0.136. The number of hydrogen-bond donors (Lipinski definition) is 2. The Kier molecular flexibility index (Phi) is 5.56. The van der Waals surface area contributed by atoms with E-state index in [1.165, 1.54) is 0 Å². The van der Waals surface area contributed by atoms with E-state index < -0.39 is 11.5 Å². The van der Waals surface area contributed by atoms with Gasteiger partial charge in [0.05, 0.1) is 0 Å². The van der Waals surface area contributed by atoms with E-state index in [1.807, 2.05) is 42.5 Å². The molecule has 26 heavy (non-hydrogen) atoms. The largest absolute Gasteiger partial charge is 0.372 e. The minimum Gasteiger partial charge on any atom is -0.372 e. The Balaban J connectivity index is 1.80. The van der Waals surface area contributed by atoms with Crippen LogP contribution in [0.15, 0.2) is 96.1 Å². The molecule has 4 heteroatoms. The van der Waals surface area contributed by atoms with E-state index in [9.17, 15) is 9.90 Å². The molecule has 0 fully saturated rings. The van der Waals surface area contributed by atoms with Crippen molar-refractivity contribution in [3.05, 3.63) is 108 Å². The molecule has 0 saturated carbocycles. The summed E-state index contributed by atoms with van der Waals surface area (Å²) in [4.78, 5) is 12.8. The first-order valence-electron chi connectivity index (χ1n) is 8.40. The molecule has 3 aromatic rings. The van der Waals surface area contributed by atoms with Gasteiger partial charge in [-0.25, -0.2) is 5.43 Å². The van der Waals surface area contributed by atoms with Gasteiger partial charge in [-0.2, -0.15) is 5.10 Å². The van der Waals surface area contributed by atoms with Gasteiger partial charge in [-0.15, -0.1) is 0 Å². The number of hydrazone groups is 1. The average Bonchev–Trinajstić information content (AvgIpc) is 2.72. The van der Waals surface area contributed by atoms with Gasteiger partial charge < -0.3 is 5.11 Å². The van der Waals surface area contributed by atoms with E-state index in [-0.39, 0.29) is 0 Å². The zero-order valence-corrected chi connectivity index (χ0v) is 14.2. The molecule has 1 amide bonds. The van der Waals surface area contributed by atoms with Crippen molar-refractivity contribution in [1.29, 1.82) is 0 Å². The third-order valence-corrected chi connectivity index (χ3v) is 4.14. The average molecular weight is 344 g/mol. The van der Waals surface area contributed by atoms with Crippen molar-refractivity contribution >= 4 is 12.1 Å². The van der Waals surface area contributed by atoms with Gasteiger partial charge in [-0.05, 0) is 16.7 Å². The smallest absolute Gasteiger partial charge is 0.281 e. The number of amides is 1. The highest BCUT2D eigenvalue weighted by Gasteiger charge is 2.39. The summed E-state index contributed by atoms with van der Waals surface area (Å²) < 4.78 is 0. The number of aliphatic hydroxyl groups is 1. The van der Waals surface area contributed by atoms with Gasteiger partial charge in [0.1, 0.15) is 0 Å². The molecule has 0 radical (unpaired) electrons. The predicted molar refractivity (Wildman–Crippen MR) is 103 cm³/mol. The molecule has 0 atom stereocenters. The predicted octanol–water partition coefficient (Wildman–Crippen LogP) is 3.27. The van der Waals surface area contributed by atoms with E-state index in [2.05, 4.69) is 10.5 Å². The molecule has 3 aromatic carbocycles. The minimum absolute atomic E-state index is 0.488. The van der Waals surface area contributed by atoms with Gasteiger partial charge in [0.2, 0.25) is 0 Å². The fourth-order valence-electron chi connectivity index (χ4n) is 2.74. The summed E-state index contributed by atoms with van der Waals surface area (Å²) in [6, 6.07) is 27.5. The molecule has 0 unspecified atom stereocenters. The standard InChI is InChI=1S/C22H20N2O2/c25-21(24-23-17-16-18-10-4-1-5-11-18)22(26,19-12-6-2-7-13-19)20-14-8-3-9-15-20/h1-15,17,26H,16H2,(H,24,25)/b23-17+. The number of carbonyl (C=O) groups is 1. The van der Waals surface area contributed by atoms with Crippen molar-refractivity contribution in [1.82, 2.24) is 5.43 Å². The maximum atomic E-state index is 12.8. The van der Waals surface area contributed by atoms with Crippen LogP contribution in [0.2, 0.25) is 0 Å². The van der Waals surface area contributed by atoms with Crippen molar-refractivity contribution in [2.45, 2.75) is 12.0 Å². The van der Waals surface area contributed by atoms with E-state index >= 15 is 0 Å². The number of hydrogen-bond acceptors (Lipinski definition) is 3. The molecule has 0 aliphatic carbocycles. The van der Waals surface area contributed by atoms with Crippen LogP contribution in [0.1, 0.15) is 16.7 Å². The number of benzene rings is 3. The molecule has 3 rings (SSSR count). The van der Waals surface area contributed by atoms with Gasteiger partial charge in [0.15, 0.2) is 5.60 Å². The highest BCUT2D eigenvalue weighted by molar-refractivity contribution is 5.90. The summed E-state index contributed by atoms with van der Waals surface area (Å²) in [6.07, 6.45) is 2.21. The summed E-state index contributed by atoms with van der Waals surface area (Å²) >= 11 is 0. The highest BCUT2D eigenvalue weighted by Crippen LogP contribution is 2.29. The molecule has 4 nitrogen and oxygen atoms in total. The Labute approximate surface area is 152 Å². The fourth-order valence-corrected chi connectivity index (χ4v) is 2.74. The number of nitrogens with one attached hydrogen (secondary N) is 1. The lowest BCUT2D eigenvalue weighted by Crippen LogP contribution is -2.43. The van der Waals surface area contributed by atoms with Crippen molar-refractivity contribution in [2.24, 2.45) is 5.10 Å². The molecule has 0 heterocycles. The fraction of sp³-hybridized carbons (Fsp3) is 0.0909. The molecule has 0 spiro atoms. The molecule has 0 aromatic heterocycles. The first-order valence-corrected chi connectivity index (χ1v) is 8.40. The van der Waals surface area contributed by atoms with Crippen LogP contribution in [0.4, 0.5) is 0 Å². The van der Waals surface area contributed by atoms with E-state index in [0.717, 1.165) is 5.56 Å². The van der Waals surface area contributed by atoms with Gasteiger partial charge in [-0.1, -0.05) is 91.0 Å². The van der Waals surface area contributed by atoms with Crippen molar-refractivity contribution in [3.8, 4) is 0 Å². The second-order valence-corrected chi connectivity index (χ2v) is 5.88. The van der Waals surface area contributed by atoms with Crippen molar-refractivity contribution < 1.29 is 9.90 Å². The summed E-state index contributed by atoms with van der Waals surface area (Å²) in [6.45, 7) is 0. The van der Waals surface area contributed by atoms with Gasteiger partial charge >= 0.3 is 0 Å². The van der Waals surface area contributed by atoms with Crippen LogP contribution in [0.5, 0.6) is 0 Å². The van der Waals surface area contributed by atoms with E-state index in [0.29, 0.717) is 17.5 Å². The van der Waals surface area contributed by atoms with Crippen LogP contribution >= 0.6 is 0 Å². The lowest BCUT2D eigenvalue weighted by Gasteiger charge is -2.27. The normalized spacial score (nSPS) is 11.4. The summed E-state index contributed by atoms with van der Waals surface area (Å²) in [7, 11) is 0. The van der Waals surface area contributed by atoms with Crippen molar-refractivity contribution in [3.63, 3.8) is 0 Å². The van der Waals surface area contributed by atoms with Crippen LogP contribution in [0.25, 0.3) is 0 Å². The van der Waals surface area contributed by atoms with Crippen LogP contribution < -0.4 is 5.43 Å². The third kappa shape index (κ3) is 3.87. The Bertz CT molecular complexity index is 823. The Morgan fingerprint density at radius 2 is 1.31 bits per heavy atom.